The van der Waals surface area contributed by atoms with Crippen LogP contribution in [-0.4, -0.2) is 25.0 Å². The summed E-state index contributed by atoms with van der Waals surface area (Å²) < 4.78 is 0. The van der Waals surface area contributed by atoms with Crippen molar-refractivity contribution in [3.05, 3.63) is 0 Å². The Hall–Kier alpha value is -0.570. The van der Waals surface area contributed by atoms with Crippen molar-refractivity contribution in [2.24, 2.45) is 11.8 Å². The average Bonchev–Trinajstić information content (AvgIpc) is 2.68. The molecule has 2 atom stereocenters. The van der Waals surface area contributed by atoms with Gasteiger partial charge in [-0.3, -0.25) is 4.79 Å². The molecule has 0 unspecified atom stereocenters. The maximum absolute atomic E-state index is 12.2. The van der Waals surface area contributed by atoms with Crippen molar-refractivity contribution in [1.29, 1.82) is 0 Å². The number of hydrogen-bond acceptors (Lipinski definition) is 2. The van der Waals surface area contributed by atoms with Crippen molar-refractivity contribution in [1.82, 2.24) is 10.6 Å². The minimum Gasteiger partial charge on any atom is -0.353 e. The van der Waals surface area contributed by atoms with Gasteiger partial charge in [0, 0.05) is 12.6 Å². The topological polar surface area (TPSA) is 41.1 Å². The smallest absolute Gasteiger partial charge is 0.224 e. The molecule has 2 rings (SSSR count). The second-order valence-electron chi connectivity index (χ2n) is 6.09. The molecule has 1 aliphatic carbocycles. The summed E-state index contributed by atoms with van der Waals surface area (Å²) in [4.78, 5) is 12.2. The van der Waals surface area contributed by atoms with Crippen LogP contribution in [0.25, 0.3) is 0 Å². The highest BCUT2D eigenvalue weighted by atomic mass is 16.2. The van der Waals surface area contributed by atoms with Gasteiger partial charge in [-0.1, -0.05) is 25.7 Å². The fourth-order valence-corrected chi connectivity index (χ4v) is 3.35. The third kappa shape index (κ3) is 3.98. The van der Waals surface area contributed by atoms with Crippen molar-refractivity contribution in [2.45, 2.75) is 64.3 Å². The number of carbonyl (C=O) groups excluding carboxylic acids is 1. The van der Waals surface area contributed by atoms with Crippen molar-refractivity contribution in [2.75, 3.05) is 13.1 Å². The number of hydrogen-bond donors (Lipinski definition) is 2. The van der Waals surface area contributed by atoms with Gasteiger partial charge in [-0.2, -0.15) is 0 Å². The van der Waals surface area contributed by atoms with E-state index in [1.54, 1.807) is 0 Å². The van der Waals surface area contributed by atoms with Gasteiger partial charge >= 0.3 is 0 Å². The quantitative estimate of drug-likeness (QED) is 0.758. The zero-order valence-electron chi connectivity index (χ0n) is 11.7. The molecule has 1 aliphatic heterocycles. The van der Waals surface area contributed by atoms with Crippen LogP contribution in [-0.2, 0) is 4.79 Å². The fraction of sp³-hybridized carbons (Fsp3) is 0.933. The van der Waals surface area contributed by atoms with Crippen molar-refractivity contribution in [3.8, 4) is 0 Å². The summed E-state index contributed by atoms with van der Waals surface area (Å²) >= 11 is 0. The predicted octanol–water partition coefficient (Wildman–Crippen LogP) is 2.46. The van der Waals surface area contributed by atoms with Gasteiger partial charge in [-0.15, -0.1) is 0 Å². The maximum atomic E-state index is 12.2. The molecule has 0 spiro atoms. The van der Waals surface area contributed by atoms with Crippen LogP contribution < -0.4 is 10.6 Å². The lowest BCUT2D eigenvalue weighted by Gasteiger charge is -2.27. The van der Waals surface area contributed by atoms with E-state index in [1.807, 2.05) is 0 Å². The molecule has 0 radical (unpaired) electrons. The van der Waals surface area contributed by atoms with Crippen LogP contribution in [0.3, 0.4) is 0 Å². The first-order valence-electron chi connectivity index (χ1n) is 7.78. The SMILES string of the molecule is C[C@H](NC(=O)[C@H]1CCCNC1)C1CCCCCC1. The number of carbonyl (C=O) groups is 1. The number of piperidine rings is 1. The Morgan fingerprint density at radius 2 is 1.83 bits per heavy atom. The summed E-state index contributed by atoms with van der Waals surface area (Å²) in [5.74, 6) is 1.18. The Bertz CT molecular complexity index is 253. The van der Waals surface area contributed by atoms with Crippen LogP contribution in [0.4, 0.5) is 0 Å². The van der Waals surface area contributed by atoms with E-state index < -0.39 is 0 Å². The molecule has 3 heteroatoms. The Morgan fingerprint density at radius 3 is 2.44 bits per heavy atom. The van der Waals surface area contributed by atoms with Crippen LogP contribution in [0, 0.1) is 11.8 Å². The van der Waals surface area contributed by atoms with Crippen LogP contribution in [0.5, 0.6) is 0 Å². The molecule has 2 aliphatic rings. The van der Waals surface area contributed by atoms with Gasteiger partial charge in [-0.05, 0) is 45.1 Å². The zero-order chi connectivity index (χ0) is 12.8. The first-order chi connectivity index (χ1) is 8.77. The van der Waals surface area contributed by atoms with Crippen molar-refractivity contribution >= 4 is 5.91 Å². The van der Waals surface area contributed by atoms with E-state index >= 15 is 0 Å². The maximum Gasteiger partial charge on any atom is 0.224 e. The third-order valence-electron chi connectivity index (χ3n) is 4.64. The van der Waals surface area contributed by atoms with Crippen molar-refractivity contribution in [3.63, 3.8) is 0 Å². The number of amides is 1. The minimum absolute atomic E-state index is 0.201. The molecule has 1 saturated carbocycles. The molecule has 3 nitrogen and oxygen atoms in total. The lowest BCUT2D eigenvalue weighted by atomic mass is 9.91. The molecule has 0 aromatic heterocycles. The van der Waals surface area contributed by atoms with Crippen LogP contribution in [0.15, 0.2) is 0 Å². The molecular weight excluding hydrogens is 224 g/mol. The number of rotatable bonds is 3. The van der Waals surface area contributed by atoms with Gasteiger partial charge in [0.25, 0.3) is 0 Å². The molecule has 0 bridgehead atoms. The Kier molecular flexibility index (Phi) is 5.48. The Morgan fingerprint density at radius 1 is 1.11 bits per heavy atom. The summed E-state index contributed by atoms with van der Waals surface area (Å²) in [6.07, 6.45) is 10.2. The Balaban J connectivity index is 1.77. The molecule has 1 amide bonds. The molecule has 18 heavy (non-hydrogen) atoms. The zero-order valence-corrected chi connectivity index (χ0v) is 11.7. The van der Waals surface area contributed by atoms with Crippen molar-refractivity contribution < 1.29 is 4.79 Å². The summed E-state index contributed by atoms with van der Waals surface area (Å²) in [5, 5.41) is 6.59. The van der Waals surface area contributed by atoms with Crippen LogP contribution >= 0.6 is 0 Å². The van der Waals surface area contributed by atoms with E-state index in [2.05, 4.69) is 17.6 Å². The van der Waals surface area contributed by atoms with E-state index in [0.29, 0.717) is 12.0 Å². The lowest BCUT2D eigenvalue weighted by Crippen LogP contribution is -2.45. The summed E-state index contributed by atoms with van der Waals surface area (Å²) in [6, 6.07) is 0.359. The lowest BCUT2D eigenvalue weighted by molar-refractivity contribution is -0.126. The highest BCUT2D eigenvalue weighted by Gasteiger charge is 2.25. The first-order valence-corrected chi connectivity index (χ1v) is 7.78. The number of nitrogens with one attached hydrogen (secondary N) is 2. The normalized spacial score (nSPS) is 28.4. The van der Waals surface area contributed by atoms with Crippen LogP contribution in [0.1, 0.15) is 58.3 Å². The third-order valence-corrected chi connectivity index (χ3v) is 4.64. The van der Waals surface area contributed by atoms with Gasteiger partial charge < -0.3 is 10.6 Å². The molecule has 2 N–H and O–H groups in total. The van der Waals surface area contributed by atoms with E-state index in [-0.39, 0.29) is 11.8 Å². The van der Waals surface area contributed by atoms with E-state index in [1.165, 1.54) is 38.5 Å². The standard InChI is InChI=1S/C15H28N2O/c1-12(13-7-4-2-3-5-8-13)17-15(18)14-9-6-10-16-11-14/h12-14,16H,2-11H2,1H3,(H,17,18)/t12-,14-/m0/s1. The van der Waals surface area contributed by atoms with Gasteiger partial charge in [0.2, 0.25) is 5.91 Å². The highest BCUT2D eigenvalue weighted by Crippen LogP contribution is 2.25. The molecule has 104 valence electrons. The fourth-order valence-electron chi connectivity index (χ4n) is 3.35. The molecular formula is C15H28N2O. The Labute approximate surface area is 111 Å². The van der Waals surface area contributed by atoms with E-state index in [0.717, 1.165) is 25.9 Å². The largest absolute Gasteiger partial charge is 0.353 e. The molecule has 0 aromatic rings. The van der Waals surface area contributed by atoms with Gasteiger partial charge in [0.15, 0.2) is 0 Å². The monoisotopic (exact) mass is 252 g/mol. The molecule has 2 fully saturated rings. The minimum atomic E-state index is 0.201. The molecule has 1 saturated heterocycles. The van der Waals surface area contributed by atoms with Gasteiger partial charge in [0.05, 0.1) is 5.92 Å². The molecule has 1 heterocycles. The summed E-state index contributed by atoms with van der Waals surface area (Å²) in [7, 11) is 0. The second kappa shape index (κ2) is 7.13. The summed E-state index contributed by atoms with van der Waals surface area (Å²) in [6.45, 7) is 4.13. The van der Waals surface area contributed by atoms with Gasteiger partial charge in [-0.25, -0.2) is 0 Å². The predicted molar refractivity (Wildman–Crippen MR) is 74.4 cm³/mol. The average molecular weight is 252 g/mol. The van der Waals surface area contributed by atoms with Crippen LogP contribution in [0.2, 0.25) is 0 Å². The highest BCUT2D eigenvalue weighted by molar-refractivity contribution is 5.79. The van der Waals surface area contributed by atoms with E-state index in [4.69, 9.17) is 0 Å². The molecule has 0 aromatic carbocycles. The van der Waals surface area contributed by atoms with Gasteiger partial charge in [0.1, 0.15) is 0 Å². The second-order valence-corrected chi connectivity index (χ2v) is 6.09. The first kappa shape index (κ1) is 13.9. The van der Waals surface area contributed by atoms with E-state index in [9.17, 15) is 4.79 Å². The summed E-state index contributed by atoms with van der Waals surface area (Å²) in [5.41, 5.74) is 0.